The number of fused-ring (bicyclic) bond motifs is 1. The zero-order valence-corrected chi connectivity index (χ0v) is 27.7. The lowest BCUT2D eigenvalue weighted by Crippen LogP contribution is -2.60. The third-order valence-electron chi connectivity index (χ3n) is 8.59. The molecule has 1 aliphatic heterocycles. The summed E-state index contributed by atoms with van der Waals surface area (Å²) in [6.45, 7) is 9.50. The van der Waals surface area contributed by atoms with Crippen LogP contribution in [0.5, 0.6) is 0 Å². The Balaban J connectivity index is 1.86. The van der Waals surface area contributed by atoms with E-state index in [1.54, 1.807) is 71.9 Å². The first-order chi connectivity index (χ1) is 21.9. The van der Waals surface area contributed by atoms with Crippen LogP contribution < -0.4 is 16.0 Å². The minimum atomic E-state index is -3.15. The Bertz CT molecular complexity index is 1330. The number of nitrogens with one attached hydrogen (secondary N) is 3. The van der Waals surface area contributed by atoms with Gasteiger partial charge in [-0.1, -0.05) is 64.4 Å². The molecular formula is C33H46F2N4O8. The number of halogens is 2. The third-order valence-corrected chi connectivity index (χ3v) is 8.59. The molecule has 14 heteroatoms. The van der Waals surface area contributed by atoms with Gasteiger partial charge in [-0.2, -0.15) is 0 Å². The first-order valence-corrected chi connectivity index (χ1v) is 15.9. The van der Waals surface area contributed by atoms with Crippen molar-refractivity contribution in [1.82, 2.24) is 20.9 Å². The SMILES string of the molecule is CCCC(NC(=O)[C@@H]1[C@H]2CCC(F)(F)[C@H]2CN1C(=O)[C@@H](NC(=O)OC(C)C)C(C)(C)C)C(=O)C(=O)N[C@@H](Cc1ccccc1)C(=O)O. The summed E-state index contributed by atoms with van der Waals surface area (Å²) in [7, 11) is 0. The fourth-order valence-electron chi connectivity index (χ4n) is 6.26. The second kappa shape index (κ2) is 15.2. The lowest BCUT2D eigenvalue weighted by atomic mass is 9.85. The number of carboxylic acid groups (broad SMARTS) is 1. The summed E-state index contributed by atoms with van der Waals surface area (Å²) in [6, 6.07) is 3.00. The van der Waals surface area contributed by atoms with Gasteiger partial charge in [0.1, 0.15) is 18.1 Å². The first kappa shape index (κ1) is 37.4. The van der Waals surface area contributed by atoms with Crippen LogP contribution in [0, 0.1) is 17.3 Å². The zero-order valence-electron chi connectivity index (χ0n) is 27.7. The topological polar surface area (TPSA) is 171 Å². The summed E-state index contributed by atoms with van der Waals surface area (Å²) in [5, 5.41) is 16.9. The lowest BCUT2D eigenvalue weighted by molar-refractivity contribution is -0.146. The van der Waals surface area contributed by atoms with Crippen LogP contribution in [0.4, 0.5) is 13.6 Å². The Morgan fingerprint density at radius 3 is 2.21 bits per heavy atom. The van der Waals surface area contributed by atoms with E-state index in [2.05, 4.69) is 16.0 Å². The Morgan fingerprint density at radius 2 is 1.66 bits per heavy atom. The number of Topliss-reactive ketones (excluding diaryl/α,β-unsaturated/α-hetero) is 1. The third kappa shape index (κ3) is 9.25. The smallest absolute Gasteiger partial charge is 0.408 e. The zero-order chi connectivity index (χ0) is 35.3. The van der Waals surface area contributed by atoms with Crippen LogP contribution in [0.15, 0.2) is 30.3 Å². The molecule has 3 rings (SSSR count). The van der Waals surface area contributed by atoms with E-state index in [-0.39, 0.29) is 19.3 Å². The van der Waals surface area contributed by atoms with Crippen LogP contribution in [0.3, 0.4) is 0 Å². The van der Waals surface area contributed by atoms with E-state index in [4.69, 9.17) is 4.74 Å². The van der Waals surface area contributed by atoms with Crippen LogP contribution in [0.2, 0.25) is 0 Å². The van der Waals surface area contributed by atoms with Crippen molar-refractivity contribution in [3.63, 3.8) is 0 Å². The fourth-order valence-corrected chi connectivity index (χ4v) is 6.26. The second-order valence-corrected chi connectivity index (χ2v) is 13.7. The van der Waals surface area contributed by atoms with E-state index in [0.29, 0.717) is 12.0 Å². The number of amides is 4. The van der Waals surface area contributed by atoms with Gasteiger partial charge in [0.15, 0.2) is 0 Å². The number of alkyl carbamates (subject to hydrolysis) is 1. The Kier molecular flexibility index (Phi) is 12.1. The first-order valence-electron chi connectivity index (χ1n) is 15.9. The van der Waals surface area contributed by atoms with Gasteiger partial charge >= 0.3 is 12.1 Å². The van der Waals surface area contributed by atoms with Gasteiger partial charge in [0.2, 0.25) is 17.6 Å². The standard InChI is InChI=1S/C33H46F2N4O8/c1-7-11-22(25(40)28(42)37-23(30(44)45)16-19-12-9-8-10-13-19)36-27(41)24-20-14-15-33(34,35)21(20)17-39(24)29(43)26(32(4,5)6)38-31(46)47-18(2)3/h8-10,12-13,18,20-24,26H,7,11,14-17H2,1-6H3,(H,36,41)(H,37,42)(H,38,46)(H,44,45)/t20-,21-,22?,23-,24-,26+/m0/s1. The van der Waals surface area contributed by atoms with E-state index in [0.717, 1.165) is 4.90 Å². The molecule has 1 heterocycles. The Morgan fingerprint density at radius 1 is 1.02 bits per heavy atom. The quantitative estimate of drug-likeness (QED) is 0.233. The van der Waals surface area contributed by atoms with E-state index >= 15 is 8.78 Å². The van der Waals surface area contributed by atoms with Crippen molar-refractivity contribution in [1.29, 1.82) is 0 Å². The average molecular weight is 665 g/mol. The van der Waals surface area contributed by atoms with Crippen molar-refractivity contribution in [2.75, 3.05) is 6.54 Å². The molecule has 1 saturated heterocycles. The number of alkyl halides is 2. The van der Waals surface area contributed by atoms with E-state index < -0.39 is 102 Å². The van der Waals surface area contributed by atoms with Crippen LogP contribution in [0.25, 0.3) is 0 Å². The number of hydrogen-bond donors (Lipinski definition) is 4. The molecule has 0 bridgehead atoms. The number of likely N-dealkylation sites (tertiary alicyclic amines) is 1. The number of hydrogen-bond acceptors (Lipinski definition) is 7. The van der Waals surface area contributed by atoms with Gasteiger partial charge in [-0.25, -0.2) is 18.4 Å². The number of carbonyl (C=O) groups excluding carboxylic acids is 5. The maximum atomic E-state index is 15.0. The van der Waals surface area contributed by atoms with Gasteiger partial charge in [0.05, 0.1) is 12.1 Å². The predicted octanol–water partition coefficient (Wildman–Crippen LogP) is 3.07. The van der Waals surface area contributed by atoms with Gasteiger partial charge in [-0.05, 0) is 43.6 Å². The maximum Gasteiger partial charge on any atom is 0.408 e. The molecule has 4 amide bonds. The molecule has 0 radical (unpaired) electrons. The summed E-state index contributed by atoms with van der Waals surface area (Å²) >= 11 is 0. The minimum absolute atomic E-state index is 0.00739. The molecule has 0 aromatic heterocycles. The monoisotopic (exact) mass is 664 g/mol. The average Bonchev–Trinajstić information content (AvgIpc) is 3.51. The summed E-state index contributed by atoms with van der Waals surface area (Å²) in [6.07, 6.45) is -1.68. The van der Waals surface area contributed by atoms with E-state index in [9.17, 15) is 33.9 Å². The van der Waals surface area contributed by atoms with Crippen molar-refractivity contribution in [2.45, 2.75) is 110 Å². The molecule has 260 valence electrons. The second-order valence-electron chi connectivity index (χ2n) is 13.7. The molecule has 1 unspecified atom stereocenters. The van der Waals surface area contributed by atoms with Crippen LogP contribution in [-0.4, -0.2) is 88.3 Å². The number of carboxylic acids is 1. The van der Waals surface area contributed by atoms with Crippen molar-refractivity contribution in [3.05, 3.63) is 35.9 Å². The summed E-state index contributed by atoms with van der Waals surface area (Å²) in [5.74, 6) is -10.8. The molecule has 2 aliphatic rings. The van der Waals surface area contributed by atoms with Crippen molar-refractivity contribution in [2.24, 2.45) is 17.3 Å². The fraction of sp³-hybridized carbons (Fsp3) is 0.636. The van der Waals surface area contributed by atoms with Crippen molar-refractivity contribution < 1.29 is 47.4 Å². The summed E-state index contributed by atoms with van der Waals surface area (Å²) in [5.41, 5.74) is -0.298. The molecule has 1 saturated carbocycles. The number of carbonyl (C=O) groups is 6. The highest BCUT2D eigenvalue weighted by atomic mass is 19.3. The number of aliphatic carboxylic acids is 1. The normalized spacial score (nSPS) is 22.1. The van der Waals surface area contributed by atoms with Crippen LogP contribution >= 0.6 is 0 Å². The molecule has 47 heavy (non-hydrogen) atoms. The number of ketones is 1. The van der Waals surface area contributed by atoms with Gasteiger partial charge < -0.3 is 30.7 Å². The maximum absolute atomic E-state index is 15.0. The van der Waals surface area contributed by atoms with Gasteiger partial charge in [-0.15, -0.1) is 0 Å². The number of nitrogens with zero attached hydrogens (tertiary/aromatic N) is 1. The molecule has 1 aromatic carbocycles. The van der Waals surface area contributed by atoms with Crippen LogP contribution in [0.1, 0.15) is 72.8 Å². The Hall–Kier alpha value is -4.10. The van der Waals surface area contributed by atoms with Gasteiger partial charge in [0, 0.05) is 25.3 Å². The molecule has 12 nitrogen and oxygen atoms in total. The molecule has 1 aliphatic carbocycles. The highest BCUT2D eigenvalue weighted by molar-refractivity contribution is 6.38. The molecule has 1 aromatic rings. The van der Waals surface area contributed by atoms with Crippen LogP contribution in [-0.2, 0) is 35.1 Å². The largest absolute Gasteiger partial charge is 0.480 e. The lowest BCUT2D eigenvalue weighted by Gasteiger charge is -2.36. The number of ether oxygens (including phenoxy) is 1. The van der Waals surface area contributed by atoms with Gasteiger partial charge in [-0.3, -0.25) is 19.2 Å². The van der Waals surface area contributed by atoms with Crippen molar-refractivity contribution >= 4 is 35.6 Å². The number of rotatable bonds is 13. The highest BCUT2D eigenvalue weighted by Gasteiger charge is 2.61. The molecule has 6 atom stereocenters. The van der Waals surface area contributed by atoms with Crippen molar-refractivity contribution in [3.8, 4) is 0 Å². The summed E-state index contributed by atoms with van der Waals surface area (Å²) < 4.78 is 35.2. The molecule has 4 N–H and O–H groups in total. The summed E-state index contributed by atoms with van der Waals surface area (Å²) in [4.78, 5) is 79.6. The predicted molar refractivity (Wildman–Crippen MR) is 166 cm³/mol. The highest BCUT2D eigenvalue weighted by Crippen LogP contribution is 2.51. The molecule has 2 fully saturated rings. The van der Waals surface area contributed by atoms with Gasteiger partial charge in [0.25, 0.3) is 11.8 Å². The van der Waals surface area contributed by atoms with E-state index in [1.165, 1.54) is 0 Å². The van der Waals surface area contributed by atoms with E-state index in [1.807, 2.05) is 0 Å². The molecule has 0 spiro atoms. The number of benzene rings is 1. The Labute approximate surface area is 273 Å². The molecular weight excluding hydrogens is 618 g/mol. The minimum Gasteiger partial charge on any atom is -0.480 e.